The van der Waals surface area contributed by atoms with E-state index in [1.807, 2.05) is 57.5 Å². The Morgan fingerprint density at radius 3 is 2.06 bits per heavy atom. The second-order valence-electron chi connectivity index (χ2n) is 14.4. The molecule has 1 unspecified atom stereocenters. The fourth-order valence-corrected chi connectivity index (χ4v) is 6.04. The van der Waals surface area contributed by atoms with E-state index in [1.54, 1.807) is 32.1 Å². The standard InChI is InChI=1S/C36H54N4O10S/c1-24-31(51-23-38-24)26-10-8-25(9-11-26)19-37-33(44)28-18-27(41)20-40(28)34(45)32(35(2,3)4)39-29(42)21-48-16-14-46-12-13-47-15-17-49-22-30(43)50-36(5,6)7/h8-11,23,27-28,32,41H,12-22H2,1-7H3,(H,37,44)(H,39,42)/t27-,28?,32-/m1/s1. The summed E-state index contributed by atoms with van der Waals surface area (Å²) in [6.07, 6.45) is -0.767. The van der Waals surface area contributed by atoms with Gasteiger partial charge in [-0.1, -0.05) is 45.0 Å². The van der Waals surface area contributed by atoms with Crippen molar-refractivity contribution in [3.8, 4) is 10.4 Å². The van der Waals surface area contributed by atoms with Crippen LogP contribution >= 0.6 is 11.3 Å². The molecule has 3 N–H and O–H groups in total. The maximum atomic E-state index is 13.8. The number of esters is 1. The van der Waals surface area contributed by atoms with Crippen LogP contribution in [0.5, 0.6) is 0 Å². The molecule has 3 rings (SSSR count). The lowest BCUT2D eigenvalue weighted by Crippen LogP contribution is -2.58. The van der Waals surface area contributed by atoms with Crippen LogP contribution < -0.4 is 10.6 Å². The number of aryl methyl sites for hydroxylation is 1. The van der Waals surface area contributed by atoms with Gasteiger partial charge in [-0.05, 0) is 44.2 Å². The van der Waals surface area contributed by atoms with Gasteiger partial charge >= 0.3 is 5.97 Å². The molecule has 51 heavy (non-hydrogen) atoms. The van der Waals surface area contributed by atoms with Crippen LogP contribution in [0.4, 0.5) is 0 Å². The van der Waals surface area contributed by atoms with E-state index in [9.17, 15) is 24.3 Å². The second-order valence-corrected chi connectivity index (χ2v) is 15.2. The van der Waals surface area contributed by atoms with Gasteiger partial charge in [0.1, 0.15) is 30.9 Å². The third-order valence-corrected chi connectivity index (χ3v) is 8.68. The van der Waals surface area contributed by atoms with Crippen molar-refractivity contribution >= 4 is 35.0 Å². The van der Waals surface area contributed by atoms with Gasteiger partial charge in [-0.3, -0.25) is 14.4 Å². The molecular formula is C36H54N4O10S. The molecule has 2 heterocycles. The minimum atomic E-state index is -0.960. The monoisotopic (exact) mass is 734 g/mol. The third-order valence-electron chi connectivity index (χ3n) is 7.70. The SMILES string of the molecule is Cc1ncsc1-c1ccc(CNC(=O)C2C[C@@H](O)CN2C(=O)[C@@H](NC(=O)COCCOCCOCCOCC(=O)OC(C)(C)C)C(C)(C)C)cc1. The number of thiazole rings is 1. The lowest BCUT2D eigenvalue weighted by Gasteiger charge is -2.35. The fraction of sp³-hybridized carbons (Fsp3) is 0.639. The topological polar surface area (TPSA) is 175 Å². The summed E-state index contributed by atoms with van der Waals surface area (Å²) in [7, 11) is 0. The molecule has 1 aliphatic heterocycles. The summed E-state index contributed by atoms with van der Waals surface area (Å²) < 4.78 is 26.7. The van der Waals surface area contributed by atoms with E-state index >= 15 is 0 Å². The van der Waals surface area contributed by atoms with Gasteiger partial charge in [0.25, 0.3) is 0 Å². The predicted octanol–water partition coefficient (Wildman–Crippen LogP) is 2.64. The van der Waals surface area contributed by atoms with E-state index < -0.39 is 47.0 Å². The summed E-state index contributed by atoms with van der Waals surface area (Å²) in [5, 5.41) is 16.1. The van der Waals surface area contributed by atoms with Crippen molar-refractivity contribution in [3.63, 3.8) is 0 Å². The Hall–Kier alpha value is -3.47. The van der Waals surface area contributed by atoms with E-state index in [1.165, 1.54) is 4.90 Å². The molecule has 0 bridgehead atoms. The number of benzene rings is 1. The van der Waals surface area contributed by atoms with Crippen molar-refractivity contribution in [2.75, 3.05) is 59.4 Å². The maximum absolute atomic E-state index is 13.8. The summed E-state index contributed by atoms with van der Waals surface area (Å²) in [5.41, 5.74) is 3.46. The van der Waals surface area contributed by atoms with Gasteiger partial charge in [-0.15, -0.1) is 11.3 Å². The van der Waals surface area contributed by atoms with Gasteiger partial charge in [-0.2, -0.15) is 0 Å². The highest BCUT2D eigenvalue weighted by atomic mass is 32.1. The molecule has 2 aromatic rings. The number of aliphatic hydroxyl groups excluding tert-OH is 1. The average molecular weight is 735 g/mol. The molecule has 1 aromatic carbocycles. The van der Waals surface area contributed by atoms with Crippen LogP contribution in [-0.4, -0.2) is 122 Å². The Kier molecular flexibility index (Phi) is 16.4. The lowest BCUT2D eigenvalue weighted by molar-refractivity contribution is -0.160. The largest absolute Gasteiger partial charge is 0.458 e. The zero-order valence-corrected chi connectivity index (χ0v) is 31.6. The van der Waals surface area contributed by atoms with Gasteiger partial charge in [0.15, 0.2) is 0 Å². The highest BCUT2D eigenvalue weighted by molar-refractivity contribution is 7.13. The van der Waals surface area contributed by atoms with Crippen LogP contribution in [-0.2, 0) is 49.4 Å². The molecule has 0 spiro atoms. The number of rotatable bonds is 19. The third kappa shape index (κ3) is 14.6. The zero-order chi connectivity index (χ0) is 37.6. The summed E-state index contributed by atoms with van der Waals surface area (Å²) in [5.74, 6) is -1.75. The quantitative estimate of drug-likeness (QED) is 0.143. The van der Waals surface area contributed by atoms with Crippen molar-refractivity contribution in [2.24, 2.45) is 5.41 Å². The van der Waals surface area contributed by atoms with Crippen LogP contribution in [0.3, 0.4) is 0 Å². The number of nitrogens with zero attached hydrogens (tertiary/aromatic N) is 2. The Morgan fingerprint density at radius 2 is 1.51 bits per heavy atom. The first kappa shape index (κ1) is 41.9. The number of ether oxygens (including phenoxy) is 5. The van der Waals surface area contributed by atoms with Crippen LogP contribution in [0, 0.1) is 12.3 Å². The number of nitrogens with one attached hydrogen (secondary N) is 2. The smallest absolute Gasteiger partial charge is 0.332 e. The predicted molar refractivity (Wildman–Crippen MR) is 191 cm³/mol. The molecule has 0 aliphatic carbocycles. The van der Waals surface area contributed by atoms with Crippen molar-refractivity contribution in [1.29, 1.82) is 0 Å². The van der Waals surface area contributed by atoms with Gasteiger partial charge in [0.05, 0.1) is 61.8 Å². The van der Waals surface area contributed by atoms with Gasteiger partial charge in [0.2, 0.25) is 17.7 Å². The fourth-order valence-electron chi connectivity index (χ4n) is 5.23. The summed E-state index contributed by atoms with van der Waals surface area (Å²) in [6, 6.07) is 6.00. The molecule has 284 valence electrons. The Morgan fingerprint density at radius 1 is 0.922 bits per heavy atom. The molecule has 3 atom stereocenters. The van der Waals surface area contributed by atoms with Crippen molar-refractivity contribution in [3.05, 3.63) is 41.0 Å². The van der Waals surface area contributed by atoms with Crippen molar-refractivity contribution < 1.29 is 48.0 Å². The minimum Gasteiger partial charge on any atom is -0.458 e. The number of carbonyl (C=O) groups excluding carboxylic acids is 4. The normalized spacial score (nSPS) is 16.9. The summed E-state index contributed by atoms with van der Waals surface area (Å²) in [4.78, 5) is 58.2. The first-order valence-corrected chi connectivity index (χ1v) is 18.0. The molecule has 15 heteroatoms. The second kappa shape index (κ2) is 20.0. The highest BCUT2D eigenvalue weighted by Gasteiger charge is 2.44. The van der Waals surface area contributed by atoms with Gasteiger partial charge in [0, 0.05) is 19.5 Å². The van der Waals surface area contributed by atoms with Crippen LogP contribution in [0.1, 0.15) is 59.2 Å². The maximum Gasteiger partial charge on any atom is 0.332 e. The minimum absolute atomic E-state index is 0.0150. The first-order valence-electron chi connectivity index (χ1n) is 17.1. The van der Waals surface area contributed by atoms with Gasteiger partial charge < -0.3 is 44.3 Å². The number of aliphatic hydroxyl groups is 1. The number of aromatic nitrogens is 1. The summed E-state index contributed by atoms with van der Waals surface area (Å²) in [6.45, 7) is 14.1. The summed E-state index contributed by atoms with van der Waals surface area (Å²) >= 11 is 1.57. The molecular weight excluding hydrogens is 680 g/mol. The molecule has 1 aromatic heterocycles. The van der Waals surface area contributed by atoms with Gasteiger partial charge in [-0.25, -0.2) is 9.78 Å². The Balaban J connectivity index is 1.37. The van der Waals surface area contributed by atoms with E-state index in [0.29, 0.717) is 19.8 Å². The van der Waals surface area contributed by atoms with E-state index in [0.717, 1.165) is 21.7 Å². The van der Waals surface area contributed by atoms with Crippen LogP contribution in [0.15, 0.2) is 29.8 Å². The Labute approximate surface area is 304 Å². The van der Waals surface area contributed by atoms with Crippen molar-refractivity contribution in [1.82, 2.24) is 20.5 Å². The number of hydrogen-bond acceptors (Lipinski definition) is 12. The molecule has 1 fully saturated rings. The van der Waals surface area contributed by atoms with E-state index in [4.69, 9.17) is 23.7 Å². The van der Waals surface area contributed by atoms with Crippen LogP contribution in [0.2, 0.25) is 0 Å². The molecule has 14 nitrogen and oxygen atoms in total. The van der Waals surface area contributed by atoms with Crippen LogP contribution in [0.25, 0.3) is 10.4 Å². The molecule has 0 radical (unpaired) electrons. The molecule has 1 saturated heterocycles. The first-order chi connectivity index (χ1) is 24.0. The molecule has 1 aliphatic rings. The lowest BCUT2D eigenvalue weighted by atomic mass is 9.85. The number of carbonyl (C=O) groups is 4. The average Bonchev–Trinajstić information content (AvgIpc) is 3.66. The van der Waals surface area contributed by atoms with Crippen molar-refractivity contribution in [2.45, 2.75) is 85.2 Å². The molecule has 0 saturated carbocycles. The number of hydrogen-bond donors (Lipinski definition) is 3. The van der Waals surface area contributed by atoms with E-state index in [2.05, 4.69) is 15.6 Å². The highest BCUT2D eigenvalue weighted by Crippen LogP contribution is 2.28. The molecule has 3 amide bonds. The Bertz CT molecular complexity index is 1420. The zero-order valence-electron chi connectivity index (χ0n) is 30.8. The number of β-amino-alcohol motifs (C(OH)–C–C–N with tert-alkyl or cyclic N) is 1. The number of likely N-dealkylation sites (tertiary alicyclic amines) is 1. The number of amides is 3. The van der Waals surface area contributed by atoms with E-state index in [-0.39, 0.29) is 58.5 Å².